The van der Waals surface area contributed by atoms with E-state index >= 15 is 0 Å². The first-order chi connectivity index (χ1) is 35.1. The Labute approximate surface area is 439 Å². The lowest BCUT2D eigenvalue weighted by atomic mass is 9.35. The van der Waals surface area contributed by atoms with Crippen LogP contribution in [0.15, 0.2) is 11.6 Å². The minimum atomic E-state index is -1.81. The van der Waals surface area contributed by atoms with Crippen LogP contribution < -0.4 is 0 Å². The molecule has 8 fully saturated rings. The fourth-order valence-electron chi connectivity index (χ4n) is 16.1. The van der Waals surface area contributed by atoms with Crippen molar-refractivity contribution >= 4 is 0 Å². The van der Waals surface area contributed by atoms with E-state index in [9.17, 15) is 71.5 Å². The molecule has 0 radical (unpaired) electrons. The highest BCUT2D eigenvalue weighted by atomic mass is 16.8. The number of rotatable bonds is 16. The van der Waals surface area contributed by atoms with Gasteiger partial charge in [0.05, 0.1) is 44.2 Å². The summed E-state index contributed by atoms with van der Waals surface area (Å²) in [6.45, 7) is 14.9. The molecule has 0 bridgehead atoms. The van der Waals surface area contributed by atoms with E-state index in [1.807, 2.05) is 20.8 Å². The second-order valence-corrected chi connectivity index (χ2v) is 25.3. The van der Waals surface area contributed by atoms with Crippen molar-refractivity contribution in [3.63, 3.8) is 0 Å². The Morgan fingerprint density at radius 3 is 1.69 bits per heavy atom. The topological polar surface area (TPSA) is 357 Å². The summed E-state index contributed by atoms with van der Waals surface area (Å²) in [4.78, 5) is 0. The minimum absolute atomic E-state index is 0.0508. The molecular weight excluding hydrogens is 989 g/mol. The lowest BCUT2D eigenvalue weighted by Gasteiger charge is -2.71. The Morgan fingerprint density at radius 2 is 1.08 bits per heavy atom. The number of hydrogen-bond acceptors (Lipinski definition) is 22. The first kappa shape index (κ1) is 60.0. The van der Waals surface area contributed by atoms with Crippen LogP contribution in [0, 0.1) is 45.3 Å². The van der Waals surface area contributed by atoms with Gasteiger partial charge in [0.1, 0.15) is 91.6 Å². The monoisotopic (exact) mass is 1080 g/mol. The molecule has 22 heteroatoms. The van der Waals surface area contributed by atoms with Crippen molar-refractivity contribution in [2.75, 3.05) is 26.4 Å². The molecule has 0 aromatic heterocycles. The Morgan fingerprint density at radius 1 is 0.560 bits per heavy atom. The normalized spacial score (nSPS) is 52.6. The molecule has 4 aliphatic heterocycles. The zero-order valence-electron chi connectivity index (χ0n) is 44.7. The molecule has 0 aromatic carbocycles. The van der Waals surface area contributed by atoms with E-state index in [2.05, 4.69) is 40.7 Å². The highest BCUT2D eigenvalue weighted by Crippen LogP contribution is 2.76. The maximum absolute atomic E-state index is 12.8. The van der Waals surface area contributed by atoms with E-state index in [1.165, 1.54) is 0 Å². The zero-order chi connectivity index (χ0) is 55.1. The highest BCUT2D eigenvalue weighted by Gasteiger charge is 2.72. The summed E-state index contributed by atoms with van der Waals surface area (Å²) < 4.78 is 48.9. The van der Waals surface area contributed by atoms with Gasteiger partial charge in [0.25, 0.3) is 0 Å². The van der Waals surface area contributed by atoms with E-state index in [-0.39, 0.29) is 34.5 Å². The van der Waals surface area contributed by atoms with E-state index in [0.29, 0.717) is 38.5 Å². The van der Waals surface area contributed by atoms with Gasteiger partial charge in [-0.3, -0.25) is 0 Å². The van der Waals surface area contributed by atoms with E-state index < -0.39 is 172 Å². The van der Waals surface area contributed by atoms with Crippen LogP contribution in [0.2, 0.25) is 0 Å². The lowest BCUT2D eigenvalue weighted by molar-refractivity contribution is -0.378. The van der Waals surface area contributed by atoms with Gasteiger partial charge in [-0.2, -0.15) is 0 Å². The zero-order valence-corrected chi connectivity index (χ0v) is 44.7. The van der Waals surface area contributed by atoms with Gasteiger partial charge < -0.3 is 109 Å². The van der Waals surface area contributed by atoms with Crippen molar-refractivity contribution in [2.45, 2.75) is 248 Å². The van der Waals surface area contributed by atoms with Gasteiger partial charge in [-0.25, -0.2) is 0 Å². The predicted molar refractivity (Wildman–Crippen MR) is 260 cm³/mol. The quantitative estimate of drug-likeness (QED) is 0.0614. The molecule has 75 heavy (non-hydrogen) atoms. The second kappa shape index (κ2) is 22.7. The van der Waals surface area contributed by atoms with Gasteiger partial charge in [0.2, 0.25) is 0 Å². The summed E-state index contributed by atoms with van der Waals surface area (Å²) in [7, 11) is 0. The van der Waals surface area contributed by atoms with Crippen LogP contribution in [0.1, 0.15) is 113 Å². The number of ether oxygens (including phenoxy) is 8. The number of aliphatic hydroxyl groups excluding tert-OH is 14. The smallest absolute Gasteiger partial charge is 0.187 e. The summed E-state index contributed by atoms with van der Waals surface area (Å²) in [5, 5.41) is 151. The van der Waals surface area contributed by atoms with Crippen LogP contribution in [0.3, 0.4) is 0 Å². The molecule has 0 amide bonds. The summed E-state index contributed by atoms with van der Waals surface area (Å²) in [5.41, 5.74) is -1.47. The average molecular weight is 1080 g/mol. The second-order valence-electron chi connectivity index (χ2n) is 25.3. The van der Waals surface area contributed by atoms with Crippen molar-refractivity contribution in [2.24, 2.45) is 45.3 Å². The maximum Gasteiger partial charge on any atom is 0.187 e. The van der Waals surface area contributed by atoms with Crippen molar-refractivity contribution in [1.29, 1.82) is 0 Å². The first-order valence-electron chi connectivity index (χ1n) is 27.3. The summed E-state index contributed by atoms with van der Waals surface area (Å²) in [6, 6.07) is 0. The molecular formula is C53H90O22. The molecule has 8 rings (SSSR count). The van der Waals surface area contributed by atoms with E-state index in [0.717, 1.165) is 24.8 Å². The van der Waals surface area contributed by atoms with Crippen LogP contribution in [-0.4, -0.2) is 232 Å². The molecule has 8 aliphatic rings. The van der Waals surface area contributed by atoms with Crippen molar-refractivity contribution in [3.8, 4) is 0 Å². The largest absolute Gasteiger partial charge is 0.394 e. The summed E-state index contributed by atoms with van der Waals surface area (Å²) in [6.07, 6.45) is -22.1. The molecule has 1 unspecified atom stereocenters. The fourth-order valence-corrected chi connectivity index (χ4v) is 16.1. The molecule has 0 spiro atoms. The minimum Gasteiger partial charge on any atom is -0.394 e. The molecule has 22 nitrogen and oxygen atoms in total. The van der Waals surface area contributed by atoms with Crippen LogP contribution in [0.5, 0.6) is 0 Å². The third-order valence-electron chi connectivity index (χ3n) is 20.5. The molecule has 0 aromatic rings. The third-order valence-corrected chi connectivity index (χ3v) is 20.5. The third kappa shape index (κ3) is 10.5. The Hall–Kier alpha value is -1.14. The van der Waals surface area contributed by atoms with Gasteiger partial charge >= 0.3 is 0 Å². The van der Waals surface area contributed by atoms with Crippen LogP contribution in [0.25, 0.3) is 0 Å². The van der Waals surface area contributed by atoms with Crippen molar-refractivity contribution in [1.82, 2.24) is 0 Å². The number of hydrogen-bond donors (Lipinski definition) is 14. The van der Waals surface area contributed by atoms with Gasteiger partial charge in [-0.15, -0.1) is 0 Å². The van der Waals surface area contributed by atoms with Crippen LogP contribution >= 0.6 is 0 Å². The van der Waals surface area contributed by atoms with Crippen molar-refractivity contribution in [3.05, 3.63) is 11.6 Å². The standard InChI is InChI=1S/C53H90O22/c1-23(2)10-9-14-53(8,75-47-43(67)39(63)37(61)29(72-47)22-68-45-41(65)36(60)28(21-56)69-45)24-11-16-52(7)33(24)25(57)18-31-50(5)15-13-32(49(3,4)30(50)12-17-51(31,52)6)73-48-44(40(64)35(59)27(20-55)71-48)74-46-42(66)38(62)34(58)26(19-54)70-46/h10,24-48,54-67H,9,11-22H2,1-8H3/t24-,25+,26+,27+,28+,29+,30?,31+,32-,33-,34+,35+,36-,37+,38-,39-,40-,41+,42+,43+,44+,45+,46-,47-,48-,50-,51+,52+,53-/m0/s1. The van der Waals surface area contributed by atoms with Gasteiger partial charge in [0.15, 0.2) is 25.2 Å². The van der Waals surface area contributed by atoms with Crippen molar-refractivity contribution < 1.29 is 109 Å². The van der Waals surface area contributed by atoms with Gasteiger partial charge in [0, 0.05) is 0 Å². The van der Waals surface area contributed by atoms with Gasteiger partial charge in [-0.05, 0) is 124 Å². The first-order valence-corrected chi connectivity index (χ1v) is 27.3. The van der Waals surface area contributed by atoms with E-state index in [1.54, 1.807) is 0 Å². The molecule has 434 valence electrons. The van der Waals surface area contributed by atoms with Gasteiger partial charge in [-0.1, -0.05) is 46.3 Å². The maximum atomic E-state index is 12.8. The molecule has 4 heterocycles. The predicted octanol–water partition coefficient (Wildman–Crippen LogP) is -1.56. The van der Waals surface area contributed by atoms with E-state index in [4.69, 9.17) is 37.9 Å². The molecule has 29 atom stereocenters. The number of allylic oxidation sites excluding steroid dienone is 2. The highest BCUT2D eigenvalue weighted by molar-refractivity contribution is 5.20. The molecule has 4 saturated carbocycles. The van der Waals surface area contributed by atoms with Crippen LogP contribution in [0.4, 0.5) is 0 Å². The Bertz CT molecular complexity index is 1940. The number of fused-ring (bicyclic) bond motifs is 5. The molecule has 4 saturated heterocycles. The summed E-state index contributed by atoms with van der Waals surface area (Å²) in [5.74, 6) is -0.394. The number of aliphatic hydroxyl groups is 14. The average Bonchev–Trinajstić information content (AvgIpc) is 3.89. The Kier molecular flexibility index (Phi) is 18.1. The molecule has 4 aliphatic carbocycles. The molecule has 14 N–H and O–H groups in total. The Balaban J connectivity index is 1.01. The van der Waals surface area contributed by atoms with Crippen LogP contribution in [-0.2, 0) is 37.9 Å². The fraction of sp³-hybridized carbons (Fsp3) is 0.962. The lowest BCUT2D eigenvalue weighted by Crippen LogP contribution is -2.68. The summed E-state index contributed by atoms with van der Waals surface area (Å²) >= 11 is 0. The SMILES string of the molecule is CC(C)=CCC[C@](C)(O[C@@H]1O[C@H](CO[C@@H]2O[C@H](CO)[C@H](O)[C@H]2O)[C@@H](O)[C@H](O)[C@H]1O)[C@H]1CC[C@]2(C)[C@@H]1[C@H](O)C[C@@H]1[C@@]3(C)CC[C@H](O[C@@H]4O[C@H](CO)[C@@H](O)[C@H](O)[C@H]4O[C@@H]4O[C@H](CO)[C@@H](O)[C@H](O)[C@H]4O)C(C)(C)C3CC[C@]12C.